The van der Waals surface area contributed by atoms with Crippen LogP contribution in [-0.4, -0.2) is 32.3 Å². The molecule has 0 amide bonds. The van der Waals surface area contributed by atoms with Gasteiger partial charge in [-0.1, -0.05) is 24.3 Å². The van der Waals surface area contributed by atoms with E-state index in [1.54, 1.807) is 0 Å². The molecule has 0 spiro atoms. The first-order valence-corrected chi connectivity index (χ1v) is 8.69. The second-order valence-corrected chi connectivity index (χ2v) is 7.06. The molecule has 1 fully saturated rings. The second-order valence-electron chi connectivity index (χ2n) is 7.06. The summed E-state index contributed by atoms with van der Waals surface area (Å²) in [5, 5.41) is 14.3. The average Bonchev–Trinajstić information content (AvgIpc) is 2.85. The standard InChI is InChI=1S/C19H23N3O2/c1-13-15(11-22(20-13)16-6-4-7-16)10-21-9-14-5-2-3-8-17(14)18(12-21)19(23)24/h2-3,5,8,11,16,18H,4,6-7,9-10,12H2,1H3,(H,23,24). The summed E-state index contributed by atoms with van der Waals surface area (Å²) in [4.78, 5) is 13.9. The van der Waals surface area contributed by atoms with Crippen molar-refractivity contribution in [1.82, 2.24) is 14.7 Å². The fourth-order valence-corrected chi connectivity index (χ4v) is 3.77. The Bertz CT molecular complexity index is 764. The first-order valence-electron chi connectivity index (χ1n) is 8.69. The molecule has 0 saturated heterocycles. The van der Waals surface area contributed by atoms with Gasteiger partial charge in [-0.25, -0.2) is 0 Å². The van der Waals surface area contributed by atoms with Crippen molar-refractivity contribution in [2.75, 3.05) is 6.54 Å². The highest BCUT2D eigenvalue weighted by Gasteiger charge is 2.30. The summed E-state index contributed by atoms with van der Waals surface area (Å²) in [7, 11) is 0. The maximum absolute atomic E-state index is 11.7. The van der Waals surface area contributed by atoms with Crippen molar-refractivity contribution in [2.45, 2.75) is 51.2 Å². The van der Waals surface area contributed by atoms with Crippen LogP contribution in [0.25, 0.3) is 0 Å². The van der Waals surface area contributed by atoms with Gasteiger partial charge in [-0.3, -0.25) is 14.4 Å². The number of aryl methyl sites for hydroxylation is 1. The smallest absolute Gasteiger partial charge is 0.312 e. The van der Waals surface area contributed by atoms with Gasteiger partial charge in [-0.15, -0.1) is 0 Å². The lowest BCUT2D eigenvalue weighted by molar-refractivity contribution is -0.139. The van der Waals surface area contributed by atoms with Crippen LogP contribution in [0, 0.1) is 6.92 Å². The molecule has 1 aromatic heterocycles. The minimum absolute atomic E-state index is 0.447. The fraction of sp³-hybridized carbons (Fsp3) is 0.474. The maximum atomic E-state index is 11.7. The number of carbonyl (C=O) groups is 1. The van der Waals surface area contributed by atoms with Gasteiger partial charge in [-0.2, -0.15) is 5.10 Å². The van der Waals surface area contributed by atoms with Gasteiger partial charge in [0.15, 0.2) is 0 Å². The number of fused-ring (bicyclic) bond motifs is 1. The lowest BCUT2D eigenvalue weighted by atomic mass is 9.89. The quantitative estimate of drug-likeness (QED) is 0.938. The van der Waals surface area contributed by atoms with E-state index >= 15 is 0 Å². The molecule has 1 aliphatic carbocycles. The number of hydrogen-bond acceptors (Lipinski definition) is 3. The molecule has 1 aromatic carbocycles. The number of aliphatic carboxylic acids is 1. The van der Waals surface area contributed by atoms with Crippen molar-refractivity contribution >= 4 is 5.97 Å². The van der Waals surface area contributed by atoms with E-state index in [9.17, 15) is 9.90 Å². The van der Waals surface area contributed by atoms with E-state index < -0.39 is 11.9 Å². The molecule has 5 nitrogen and oxygen atoms in total. The summed E-state index contributed by atoms with van der Waals surface area (Å²) in [5.74, 6) is -1.19. The molecule has 126 valence electrons. The number of nitrogens with zero attached hydrogens (tertiary/aromatic N) is 3. The summed E-state index contributed by atoms with van der Waals surface area (Å²) >= 11 is 0. The monoisotopic (exact) mass is 325 g/mol. The van der Waals surface area contributed by atoms with Gasteiger partial charge in [-0.05, 0) is 37.3 Å². The molecule has 2 aliphatic rings. The van der Waals surface area contributed by atoms with E-state index in [0.29, 0.717) is 12.6 Å². The zero-order chi connectivity index (χ0) is 16.7. The molecule has 2 aromatic rings. The summed E-state index contributed by atoms with van der Waals surface area (Å²) in [5.41, 5.74) is 4.36. The van der Waals surface area contributed by atoms with Crippen LogP contribution in [0.3, 0.4) is 0 Å². The van der Waals surface area contributed by atoms with Gasteiger partial charge in [0.2, 0.25) is 0 Å². The van der Waals surface area contributed by atoms with Gasteiger partial charge >= 0.3 is 5.97 Å². The zero-order valence-electron chi connectivity index (χ0n) is 14.0. The van der Waals surface area contributed by atoms with E-state index in [1.165, 1.54) is 24.8 Å². The van der Waals surface area contributed by atoms with Crippen molar-refractivity contribution in [1.29, 1.82) is 0 Å². The fourth-order valence-electron chi connectivity index (χ4n) is 3.77. The SMILES string of the molecule is Cc1nn(C2CCC2)cc1CN1Cc2ccccc2C(C(=O)O)C1. The molecule has 1 N–H and O–H groups in total. The number of rotatable bonds is 4. The Hall–Kier alpha value is -2.14. The second kappa shape index (κ2) is 6.06. The van der Waals surface area contributed by atoms with Crippen LogP contribution in [0.1, 0.15) is 53.6 Å². The number of carboxylic acid groups (broad SMARTS) is 1. The number of benzene rings is 1. The highest BCUT2D eigenvalue weighted by Crippen LogP contribution is 2.33. The summed E-state index contributed by atoms with van der Waals surface area (Å²) in [6.07, 6.45) is 5.90. The molecule has 1 atom stereocenters. The van der Waals surface area contributed by atoms with Gasteiger partial charge in [0, 0.05) is 31.4 Å². The zero-order valence-corrected chi connectivity index (χ0v) is 14.0. The lowest BCUT2D eigenvalue weighted by Gasteiger charge is -2.32. The Balaban J connectivity index is 1.55. The summed E-state index contributed by atoms with van der Waals surface area (Å²) in [6, 6.07) is 8.47. The Morgan fingerprint density at radius 2 is 2.12 bits per heavy atom. The van der Waals surface area contributed by atoms with Gasteiger partial charge in [0.1, 0.15) is 0 Å². The van der Waals surface area contributed by atoms with Crippen LogP contribution in [0.2, 0.25) is 0 Å². The van der Waals surface area contributed by atoms with Gasteiger partial charge < -0.3 is 5.11 Å². The summed E-state index contributed by atoms with van der Waals surface area (Å²) in [6.45, 7) is 4.17. The van der Waals surface area contributed by atoms with Gasteiger partial charge in [0.25, 0.3) is 0 Å². The Morgan fingerprint density at radius 3 is 2.83 bits per heavy atom. The van der Waals surface area contributed by atoms with E-state index in [1.807, 2.05) is 24.3 Å². The van der Waals surface area contributed by atoms with E-state index in [-0.39, 0.29) is 0 Å². The molecular weight excluding hydrogens is 302 g/mol. The Kier molecular flexibility index (Phi) is 3.88. The maximum Gasteiger partial charge on any atom is 0.312 e. The van der Waals surface area contributed by atoms with Crippen LogP contribution >= 0.6 is 0 Å². The highest BCUT2D eigenvalue weighted by atomic mass is 16.4. The van der Waals surface area contributed by atoms with Crippen LogP contribution in [0.15, 0.2) is 30.5 Å². The Morgan fingerprint density at radius 1 is 1.33 bits per heavy atom. The average molecular weight is 325 g/mol. The number of hydrogen-bond donors (Lipinski definition) is 1. The third kappa shape index (κ3) is 2.73. The molecule has 24 heavy (non-hydrogen) atoms. The van der Waals surface area contributed by atoms with Crippen LogP contribution in [-0.2, 0) is 17.9 Å². The number of aromatic nitrogens is 2. The third-order valence-electron chi connectivity index (χ3n) is 5.42. The first-order chi connectivity index (χ1) is 11.6. The molecule has 2 heterocycles. The molecule has 1 aliphatic heterocycles. The van der Waals surface area contributed by atoms with Crippen LogP contribution in [0.4, 0.5) is 0 Å². The van der Waals surface area contributed by atoms with Crippen molar-refractivity contribution in [3.63, 3.8) is 0 Å². The lowest BCUT2D eigenvalue weighted by Crippen LogP contribution is -2.36. The summed E-state index contributed by atoms with van der Waals surface area (Å²) < 4.78 is 2.11. The van der Waals surface area contributed by atoms with Crippen molar-refractivity contribution in [3.8, 4) is 0 Å². The van der Waals surface area contributed by atoms with Gasteiger partial charge in [0.05, 0.1) is 17.7 Å². The molecule has 4 rings (SSSR count). The van der Waals surface area contributed by atoms with Crippen LogP contribution in [0.5, 0.6) is 0 Å². The Labute approximate surface area is 141 Å². The molecule has 1 saturated carbocycles. The minimum Gasteiger partial charge on any atom is -0.481 e. The van der Waals surface area contributed by atoms with E-state index in [0.717, 1.165) is 29.9 Å². The third-order valence-corrected chi connectivity index (χ3v) is 5.42. The predicted molar refractivity (Wildman–Crippen MR) is 90.8 cm³/mol. The van der Waals surface area contributed by atoms with Crippen molar-refractivity contribution < 1.29 is 9.90 Å². The normalized spacial score (nSPS) is 21.3. The molecule has 0 bridgehead atoms. The van der Waals surface area contributed by atoms with Crippen LogP contribution < -0.4 is 0 Å². The minimum atomic E-state index is -0.742. The van der Waals surface area contributed by atoms with Crippen molar-refractivity contribution in [2.24, 2.45) is 0 Å². The predicted octanol–water partition coefficient (Wildman–Crippen LogP) is 3.10. The molecule has 1 unspecified atom stereocenters. The van der Waals surface area contributed by atoms with E-state index in [4.69, 9.17) is 0 Å². The molecule has 5 heteroatoms. The molecular formula is C19H23N3O2. The highest BCUT2D eigenvalue weighted by molar-refractivity contribution is 5.77. The number of carboxylic acids is 1. The first kappa shape index (κ1) is 15.4. The topological polar surface area (TPSA) is 58.4 Å². The van der Waals surface area contributed by atoms with E-state index in [2.05, 4.69) is 27.8 Å². The molecule has 0 radical (unpaired) electrons. The van der Waals surface area contributed by atoms with Crippen molar-refractivity contribution in [3.05, 3.63) is 52.8 Å². The largest absolute Gasteiger partial charge is 0.481 e.